The number of aromatic nitrogens is 2. The molecule has 0 radical (unpaired) electrons. The maximum absolute atomic E-state index is 10.5. The van der Waals surface area contributed by atoms with Gasteiger partial charge in [-0.3, -0.25) is 4.79 Å². The lowest BCUT2D eigenvalue weighted by Gasteiger charge is -2.13. The molecule has 0 aliphatic carbocycles. The minimum absolute atomic E-state index is 0.0795. The van der Waals surface area contributed by atoms with Crippen LogP contribution in [0.15, 0.2) is 0 Å². The molecule has 0 saturated carbocycles. The van der Waals surface area contributed by atoms with E-state index in [0.717, 1.165) is 5.56 Å². The summed E-state index contributed by atoms with van der Waals surface area (Å²) in [5.41, 5.74) is 11.6. The van der Waals surface area contributed by atoms with E-state index in [2.05, 4.69) is 15.3 Å². The van der Waals surface area contributed by atoms with Gasteiger partial charge >= 0.3 is 0 Å². The van der Waals surface area contributed by atoms with E-state index in [1.165, 1.54) is 0 Å². The minimum Gasteiger partial charge on any atom is -0.383 e. The molecular weight excluding hydrogens is 246 g/mol. The molecule has 1 aromatic rings. The molecule has 1 amide bonds. The van der Waals surface area contributed by atoms with Gasteiger partial charge in [0.05, 0.1) is 6.61 Å². The molecule has 7 heteroatoms. The highest BCUT2D eigenvalue weighted by Crippen LogP contribution is 2.20. The van der Waals surface area contributed by atoms with Crippen LogP contribution < -0.4 is 16.8 Å². The molecule has 1 aromatic heterocycles. The molecule has 1 heterocycles. The van der Waals surface area contributed by atoms with Crippen LogP contribution in [-0.4, -0.2) is 35.6 Å². The predicted molar refractivity (Wildman–Crippen MR) is 73.8 cm³/mol. The number of amides is 1. The number of hydrogen-bond donors (Lipinski definition) is 3. The van der Waals surface area contributed by atoms with Crippen molar-refractivity contribution in [2.75, 3.05) is 30.8 Å². The Morgan fingerprint density at radius 3 is 2.68 bits per heavy atom. The average molecular weight is 267 g/mol. The fourth-order valence-corrected chi connectivity index (χ4v) is 1.40. The van der Waals surface area contributed by atoms with Crippen LogP contribution in [0, 0.1) is 6.92 Å². The van der Waals surface area contributed by atoms with Crippen molar-refractivity contribution in [1.82, 2.24) is 9.97 Å². The zero-order chi connectivity index (χ0) is 14.4. The number of primary amides is 1. The zero-order valence-corrected chi connectivity index (χ0v) is 11.6. The van der Waals surface area contributed by atoms with Gasteiger partial charge in [-0.15, -0.1) is 0 Å². The number of carbonyl (C=O) groups excluding carboxylic acids is 1. The van der Waals surface area contributed by atoms with Gasteiger partial charge < -0.3 is 21.5 Å². The SMILES string of the molecule is Cc1c(N)nc(C(C)C)nc1NCCOCC(N)=O. The van der Waals surface area contributed by atoms with E-state index in [0.29, 0.717) is 30.6 Å². The summed E-state index contributed by atoms with van der Waals surface area (Å²) in [7, 11) is 0. The highest BCUT2D eigenvalue weighted by atomic mass is 16.5. The standard InChI is InChI=1S/C12H21N5O2/c1-7(2)11-16-10(14)8(3)12(17-11)15-4-5-19-6-9(13)18/h7H,4-6H2,1-3H3,(H2,13,18)(H3,14,15,16,17). The van der Waals surface area contributed by atoms with Gasteiger partial charge in [0.2, 0.25) is 5.91 Å². The molecule has 0 fully saturated rings. The number of nitrogen functional groups attached to an aromatic ring is 1. The highest BCUT2D eigenvalue weighted by molar-refractivity contribution is 5.74. The quantitative estimate of drug-likeness (QED) is 0.616. The lowest BCUT2D eigenvalue weighted by Crippen LogP contribution is -2.21. The number of nitrogens with two attached hydrogens (primary N) is 2. The first-order valence-electron chi connectivity index (χ1n) is 6.15. The van der Waals surface area contributed by atoms with Crippen LogP contribution in [0.5, 0.6) is 0 Å². The van der Waals surface area contributed by atoms with E-state index in [-0.39, 0.29) is 12.5 Å². The molecular formula is C12H21N5O2. The molecule has 0 aliphatic heterocycles. The number of hydrogen-bond acceptors (Lipinski definition) is 6. The van der Waals surface area contributed by atoms with Crippen molar-refractivity contribution >= 4 is 17.5 Å². The summed E-state index contributed by atoms with van der Waals surface area (Å²) in [6.07, 6.45) is 0. The third-order valence-electron chi connectivity index (χ3n) is 2.50. The molecule has 0 bridgehead atoms. The highest BCUT2D eigenvalue weighted by Gasteiger charge is 2.10. The van der Waals surface area contributed by atoms with Crippen molar-refractivity contribution in [3.05, 3.63) is 11.4 Å². The Morgan fingerprint density at radius 1 is 1.42 bits per heavy atom. The van der Waals surface area contributed by atoms with Crippen LogP contribution in [-0.2, 0) is 9.53 Å². The van der Waals surface area contributed by atoms with Crippen molar-refractivity contribution in [1.29, 1.82) is 0 Å². The number of rotatable bonds is 7. The minimum atomic E-state index is -0.482. The summed E-state index contributed by atoms with van der Waals surface area (Å²) in [6, 6.07) is 0. The monoisotopic (exact) mass is 267 g/mol. The Morgan fingerprint density at radius 2 is 2.11 bits per heavy atom. The molecule has 0 aromatic carbocycles. The van der Waals surface area contributed by atoms with E-state index in [1.807, 2.05) is 20.8 Å². The Balaban J connectivity index is 2.59. The number of anilines is 2. The maximum atomic E-state index is 10.5. The second kappa shape index (κ2) is 6.89. The largest absolute Gasteiger partial charge is 0.383 e. The first-order chi connectivity index (χ1) is 8.91. The smallest absolute Gasteiger partial charge is 0.243 e. The summed E-state index contributed by atoms with van der Waals surface area (Å²) in [6.45, 7) is 6.66. The first kappa shape index (κ1) is 15.2. The van der Waals surface area contributed by atoms with Crippen LogP contribution in [0.1, 0.15) is 31.2 Å². The van der Waals surface area contributed by atoms with Crippen molar-refractivity contribution in [3.63, 3.8) is 0 Å². The lowest BCUT2D eigenvalue weighted by molar-refractivity contribution is -0.122. The Hall–Kier alpha value is -1.89. The summed E-state index contributed by atoms with van der Waals surface area (Å²) in [4.78, 5) is 19.1. The van der Waals surface area contributed by atoms with Crippen LogP contribution in [0.3, 0.4) is 0 Å². The lowest BCUT2D eigenvalue weighted by atomic mass is 10.2. The van der Waals surface area contributed by atoms with Gasteiger partial charge in [-0.2, -0.15) is 0 Å². The van der Waals surface area contributed by atoms with Gasteiger partial charge in [-0.25, -0.2) is 9.97 Å². The van der Waals surface area contributed by atoms with Crippen molar-refractivity contribution in [2.45, 2.75) is 26.7 Å². The van der Waals surface area contributed by atoms with Gasteiger partial charge in [0.25, 0.3) is 0 Å². The summed E-state index contributed by atoms with van der Waals surface area (Å²) in [5.74, 6) is 1.58. The van der Waals surface area contributed by atoms with Crippen LogP contribution in [0.2, 0.25) is 0 Å². The second-order valence-corrected chi connectivity index (χ2v) is 4.54. The molecule has 106 valence electrons. The van der Waals surface area contributed by atoms with E-state index >= 15 is 0 Å². The van der Waals surface area contributed by atoms with Gasteiger partial charge in [-0.1, -0.05) is 13.8 Å². The van der Waals surface area contributed by atoms with Crippen molar-refractivity contribution < 1.29 is 9.53 Å². The molecule has 1 rings (SSSR count). The zero-order valence-electron chi connectivity index (χ0n) is 11.6. The molecule has 5 N–H and O–H groups in total. The Labute approximate surface area is 112 Å². The summed E-state index contributed by atoms with van der Waals surface area (Å²) in [5, 5.41) is 3.11. The molecule has 0 atom stereocenters. The Bertz CT molecular complexity index is 448. The molecule has 0 aliphatic rings. The van der Waals surface area contributed by atoms with Gasteiger partial charge in [0, 0.05) is 18.0 Å². The predicted octanol–water partition coefficient (Wildman–Crippen LogP) is 0.404. The van der Waals surface area contributed by atoms with E-state index in [9.17, 15) is 4.79 Å². The van der Waals surface area contributed by atoms with Crippen molar-refractivity contribution in [3.8, 4) is 0 Å². The normalized spacial score (nSPS) is 10.7. The van der Waals surface area contributed by atoms with Gasteiger partial charge in [0.15, 0.2) is 0 Å². The summed E-state index contributed by atoms with van der Waals surface area (Å²) < 4.78 is 5.05. The second-order valence-electron chi connectivity index (χ2n) is 4.54. The van der Waals surface area contributed by atoms with E-state index in [1.54, 1.807) is 0 Å². The number of carbonyl (C=O) groups is 1. The number of ether oxygens (including phenoxy) is 1. The maximum Gasteiger partial charge on any atom is 0.243 e. The topological polar surface area (TPSA) is 116 Å². The summed E-state index contributed by atoms with van der Waals surface area (Å²) >= 11 is 0. The van der Waals surface area contributed by atoms with Crippen molar-refractivity contribution in [2.24, 2.45) is 5.73 Å². The fraction of sp³-hybridized carbons (Fsp3) is 0.583. The van der Waals surface area contributed by atoms with E-state index in [4.69, 9.17) is 16.2 Å². The fourth-order valence-electron chi connectivity index (χ4n) is 1.40. The van der Waals surface area contributed by atoms with Crippen LogP contribution in [0.25, 0.3) is 0 Å². The van der Waals surface area contributed by atoms with Gasteiger partial charge in [-0.05, 0) is 6.92 Å². The molecule has 0 spiro atoms. The van der Waals surface area contributed by atoms with Crippen LogP contribution >= 0.6 is 0 Å². The van der Waals surface area contributed by atoms with Crippen LogP contribution in [0.4, 0.5) is 11.6 Å². The molecule has 0 saturated heterocycles. The van der Waals surface area contributed by atoms with E-state index < -0.39 is 5.91 Å². The molecule has 7 nitrogen and oxygen atoms in total. The number of nitrogens with one attached hydrogen (secondary N) is 1. The number of nitrogens with zero attached hydrogens (tertiary/aromatic N) is 2. The Kier molecular flexibility index (Phi) is 5.50. The third-order valence-corrected chi connectivity index (χ3v) is 2.50. The molecule has 19 heavy (non-hydrogen) atoms. The van der Waals surface area contributed by atoms with Gasteiger partial charge in [0.1, 0.15) is 24.1 Å². The first-order valence-corrected chi connectivity index (χ1v) is 6.15. The molecule has 0 unspecified atom stereocenters. The third kappa shape index (κ3) is 4.70. The average Bonchev–Trinajstić information content (AvgIpc) is 2.33.